The number of phenolic OH excluding ortho intramolecular Hbond substituents is 1. The Bertz CT molecular complexity index is 1380. The normalized spacial score (nSPS) is 32.7. The van der Waals surface area contributed by atoms with Crippen molar-refractivity contribution in [3.63, 3.8) is 0 Å². The minimum absolute atomic E-state index is 0.00340. The fraction of sp³-hybridized carbons (Fsp3) is 0.552. The second-order valence-corrected chi connectivity index (χ2v) is 12.0. The SMILES string of the molecule is C[C@H]1c2ccc(CNC3CCN(C)CC3)c(O)c2C(O)=C2C(=O)[C@]3(O)C(O)=C(C(N)=O)C(=O)[C@@H](N(C)C)[C@@H]3[C@@H](O)[C@@H]21. The highest BCUT2D eigenvalue weighted by molar-refractivity contribution is 6.24. The molecule has 0 spiro atoms. The summed E-state index contributed by atoms with van der Waals surface area (Å²) in [6.07, 6.45) is 0.283. The Balaban J connectivity index is 1.61. The molecule has 1 saturated carbocycles. The number of fused-ring (bicyclic) bond motifs is 3. The fourth-order valence-corrected chi connectivity index (χ4v) is 7.27. The summed E-state index contributed by atoms with van der Waals surface area (Å²) in [6, 6.07) is 2.34. The third-order valence-corrected chi connectivity index (χ3v) is 9.51. The number of amides is 1. The van der Waals surface area contributed by atoms with Crippen molar-refractivity contribution in [3.8, 4) is 5.75 Å². The van der Waals surface area contributed by atoms with E-state index in [0.717, 1.165) is 25.9 Å². The summed E-state index contributed by atoms with van der Waals surface area (Å²) in [7, 11) is 5.01. The number of carbonyl (C=O) groups is 3. The van der Waals surface area contributed by atoms with E-state index in [4.69, 9.17) is 5.73 Å². The molecule has 0 unspecified atom stereocenters. The lowest BCUT2D eigenvalue weighted by atomic mass is 9.54. The maximum atomic E-state index is 14.1. The zero-order valence-corrected chi connectivity index (χ0v) is 23.6. The summed E-state index contributed by atoms with van der Waals surface area (Å²) >= 11 is 0. The van der Waals surface area contributed by atoms with E-state index in [0.29, 0.717) is 17.7 Å². The van der Waals surface area contributed by atoms with Gasteiger partial charge in [0.1, 0.15) is 22.8 Å². The summed E-state index contributed by atoms with van der Waals surface area (Å²) in [4.78, 5) is 43.1. The Morgan fingerprint density at radius 2 is 1.80 bits per heavy atom. The van der Waals surface area contributed by atoms with Gasteiger partial charge in [-0.3, -0.25) is 19.3 Å². The number of Topliss-reactive ketones (excluding diaryl/α,β-unsaturated/α-hetero) is 2. The van der Waals surface area contributed by atoms with E-state index in [2.05, 4.69) is 17.3 Å². The number of hydrogen-bond donors (Lipinski definition) is 7. The summed E-state index contributed by atoms with van der Waals surface area (Å²) in [5, 5.41) is 60.7. The van der Waals surface area contributed by atoms with Gasteiger partial charge in [-0.15, -0.1) is 0 Å². The van der Waals surface area contributed by atoms with E-state index in [-0.39, 0.29) is 17.4 Å². The molecule has 1 aromatic carbocycles. The molecule has 1 aliphatic heterocycles. The second kappa shape index (κ2) is 10.2. The number of nitrogens with zero attached hydrogens (tertiary/aromatic N) is 2. The number of aliphatic hydroxyl groups is 4. The van der Waals surface area contributed by atoms with Gasteiger partial charge in [0.05, 0.1) is 23.6 Å². The third-order valence-electron chi connectivity index (χ3n) is 9.51. The summed E-state index contributed by atoms with van der Waals surface area (Å²) in [5.74, 6) is -8.85. The number of ketones is 2. The van der Waals surface area contributed by atoms with Crippen LogP contribution in [0, 0.1) is 11.8 Å². The van der Waals surface area contributed by atoms with E-state index in [1.807, 2.05) is 0 Å². The van der Waals surface area contributed by atoms with Crippen LogP contribution in [-0.4, -0.2) is 111 Å². The summed E-state index contributed by atoms with van der Waals surface area (Å²) < 4.78 is 0. The van der Waals surface area contributed by atoms with Crippen molar-refractivity contribution in [2.45, 2.75) is 56.0 Å². The van der Waals surface area contributed by atoms with Crippen LogP contribution in [0.4, 0.5) is 0 Å². The lowest BCUT2D eigenvalue weighted by molar-refractivity contribution is -0.169. The molecule has 12 heteroatoms. The standard InChI is InChI=1S/C29H38N4O8/c1-12-15-6-5-13(11-31-14-7-9-33(4)10-8-14)22(34)17(15)23(35)18-16(12)24(36)20-21(32(2)3)25(37)19(28(30)40)27(39)29(20,41)26(18)38/h5-6,12,14,16,20-21,24,31,34-36,39,41H,7-11H2,1-4H3,(H2,30,40)/t12-,16+,20+,21-,24-,29-/m0/s1. The average Bonchev–Trinajstić information content (AvgIpc) is 2.90. The quantitative estimate of drug-likeness (QED) is 0.229. The number of hydrogen-bond acceptors (Lipinski definition) is 11. The minimum Gasteiger partial charge on any atom is -0.508 e. The van der Waals surface area contributed by atoms with E-state index >= 15 is 0 Å². The first kappa shape index (κ1) is 29.2. The van der Waals surface area contributed by atoms with Crippen molar-refractivity contribution in [2.75, 3.05) is 34.2 Å². The zero-order valence-electron chi connectivity index (χ0n) is 23.6. The first-order chi connectivity index (χ1) is 19.2. The number of carbonyl (C=O) groups excluding carboxylic acids is 3. The topological polar surface area (TPSA) is 197 Å². The van der Waals surface area contributed by atoms with Crippen molar-refractivity contribution in [1.29, 1.82) is 0 Å². The number of rotatable bonds is 5. The monoisotopic (exact) mass is 570 g/mol. The number of piperidine rings is 1. The summed E-state index contributed by atoms with van der Waals surface area (Å²) in [5.41, 5.74) is 2.09. The average molecular weight is 571 g/mol. The van der Waals surface area contributed by atoms with E-state index in [1.165, 1.54) is 19.0 Å². The highest BCUT2D eigenvalue weighted by Crippen LogP contribution is 2.56. The van der Waals surface area contributed by atoms with Gasteiger partial charge in [-0.05, 0) is 58.6 Å². The smallest absolute Gasteiger partial charge is 0.255 e. The molecule has 4 aliphatic rings. The maximum Gasteiger partial charge on any atom is 0.255 e. The molecule has 5 rings (SSSR count). The Labute approximate surface area is 237 Å². The van der Waals surface area contributed by atoms with E-state index in [9.17, 15) is 39.9 Å². The number of nitrogens with one attached hydrogen (secondary N) is 1. The number of primary amides is 1. The van der Waals surface area contributed by atoms with E-state index in [1.54, 1.807) is 19.1 Å². The van der Waals surface area contributed by atoms with Gasteiger partial charge in [0.2, 0.25) is 5.78 Å². The van der Waals surface area contributed by atoms with Gasteiger partial charge in [0.25, 0.3) is 5.91 Å². The van der Waals surface area contributed by atoms with E-state index < -0.39 is 75.6 Å². The maximum absolute atomic E-state index is 14.1. The molecule has 41 heavy (non-hydrogen) atoms. The molecular weight excluding hydrogens is 532 g/mol. The van der Waals surface area contributed by atoms with Crippen LogP contribution in [0.5, 0.6) is 5.75 Å². The Kier molecular flexibility index (Phi) is 7.27. The molecule has 222 valence electrons. The van der Waals surface area contributed by atoms with Crippen LogP contribution in [0.15, 0.2) is 29.0 Å². The van der Waals surface area contributed by atoms with Gasteiger partial charge >= 0.3 is 0 Å². The van der Waals surface area contributed by atoms with Crippen molar-refractivity contribution < 1.29 is 39.9 Å². The summed E-state index contributed by atoms with van der Waals surface area (Å²) in [6.45, 7) is 3.93. The molecule has 0 aromatic heterocycles. The van der Waals surface area contributed by atoms with Gasteiger partial charge in [-0.1, -0.05) is 19.1 Å². The predicted molar refractivity (Wildman–Crippen MR) is 148 cm³/mol. The molecule has 0 radical (unpaired) electrons. The largest absolute Gasteiger partial charge is 0.508 e. The molecule has 0 bridgehead atoms. The van der Waals surface area contributed by atoms with Crippen molar-refractivity contribution in [1.82, 2.24) is 15.1 Å². The highest BCUT2D eigenvalue weighted by Gasteiger charge is 2.68. The predicted octanol–water partition coefficient (Wildman–Crippen LogP) is -0.320. The molecule has 1 heterocycles. The molecule has 1 aromatic rings. The lowest BCUT2D eigenvalue weighted by Crippen LogP contribution is -2.70. The highest BCUT2D eigenvalue weighted by atomic mass is 16.4. The van der Waals surface area contributed by atoms with Gasteiger partial charge < -0.3 is 41.5 Å². The fourth-order valence-electron chi connectivity index (χ4n) is 7.27. The Hall–Kier alpha value is -3.29. The van der Waals surface area contributed by atoms with Gasteiger partial charge in [-0.2, -0.15) is 0 Å². The van der Waals surface area contributed by atoms with Gasteiger partial charge in [0.15, 0.2) is 11.4 Å². The number of likely N-dealkylation sites (N-methyl/N-ethyl adjacent to an activating group) is 1. The Morgan fingerprint density at radius 1 is 1.17 bits per heavy atom. The van der Waals surface area contributed by atoms with Crippen molar-refractivity contribution in [2.24, 2.45) is 17.6 Å². The molecular formula is C29H38N4O8. The molecule has 3 aliphatic carbocycles. The molecule has 1 amide bonds. The van der Waals surface area contributed by atoms with Crippen LogP contribution in [0.25, 0.3) is 5.76 Å². The van der Waals surface area contributed by atoms with Crippen molar-refractivity contribution >= 4 is 23.2 Å². The van der Waals surface area contributed by atoms with Crippen LogP contribution < -0.4 is 11.1 Å². The Morgan fingerprint density at radius 3 is 2.39 bits per heavy atom. The van der Waals surface area contributed by atoms with Crippen LogP contribution in [-0.2, 0) is 20.9 Å². The first-order valence-corrected chi connectivity index (χ1v) is 13.8. The van der Waals surface area contributed by atoms with Gasteiger partial charge in [0, 0.05) is 29.6 Å². The lowest BCUT2D eigenvalue weighted by Gasteiger charge is -2.53. The first-order valence-electron chi connectivity index (χ1n) is 13.8. The minimum atomic E-state index is -2.92. The van der Waals surface area contributed by atoms with Gasteiger partial charge in [-0.25, -0.2) is 0 Å². The molecule has 2 fully saturated rings. The molecule has 6 atom stereocenters. The zero-order chi connectivity index (χ0) is 30.1. The number of nitrogens with two attached hydrogens (primary N) is 1. The number of aromatic hydroxyl groups is 1. The molecule has 12 nitrogen and oxygen atoms in total. The number of likely N-dealkylation sites (tertiary alicyclic amines) is 1. The van der Waals surface area contributed by atoms with Crippen LogP contribution in [0.2, 0.25) is 0 Å². The molecule has 8 N–H and O–H groups in total. The third kappa shape index (κ3) is 4.19. The number of benzene rings is 1. The van der Waals surface area contributed by atoms with Crippen LogP contribution in [0.3, 0.4) is 0 Å². The molecule has 1 saturated heterocycles. The second-order valence-electron chi connectivity index (χ2n) is 12.0. The van der Waals surface area contributed by atoms with Crippen LogP contribution >= 0.6 is 0 Å². The van der Waals surface area contributed by atoms with Crippen LogP contribution in [0.1, 0.15) is 42.4 Å². The number of aliphatic hydroxyl groups excluding tert-OH is 3. The van der Waals surface area contributed by atoms with Crippen molar-refractivity contribution in [3.05, 3.63) is 45.7 Å². The number of phenols is 1.